The summed E-state index contributed by atoms with van der Waals surface area (Å²) in [6, 6.07) is -0.255. The van der Waals surface area contributed by atoms with E-state index < -0.39 is 6.10 Å². The Morgan fingerprint density at radius 2 is 2.33 bits per heavy atom. The lowest BCUT2D eigenvalue weighted by atomic mass is 10.2. The van der Waals surface area contributed by atoms with Crippen LogP contribution in [0.2, 0.25) is 0 Å². The molecular formula is C4H9N3O2. The molecule has 2 unspecified atom stereocenters. The molecule has 1 heterocycles. The number of ether oxygens (including phenoxy) is 1. The minimum Gasteiger partial charge on any atom is -0.388 e. The van der Waals surface area contributed by atoms with Crippen LogP contribution in [0.15, 0.2) is 10.3 Å². The smallest absolute Gasteiger partial charge is 0.124 e. The van der Waals surface area contributed by atoms with Gasteiger partial charge >= 0.3 is 0 Å². The van der Waals surface area contributed by atoms with E-state index in [1.54, 1.807) is 0 Å². The fourth-order valence-electron chi connectivity index (χ4n) is 0.728. The summed E-state index contributed by atoms with van der Waals surface area (Å²) < 4.78 is 4.86. The van der Waals surface area contributed by atoms with Crippen molar-refractivity contribution in [1.29, 1.82) is 0 Å². The molecule has 2 atom stereocenters. The second-order valence-corrected chi connectivity index (χ2v) is 1.90. The summed E-state index contributed by atoms with van der Waals surface area (Å²) >= 11 is 0. The maximum Gasteiger partial charge on any atom is 0.124 e. The molecule has 1 rings (SSSR count). The first-order chi connectivity index (χ1) is 4.34. The molecular weight excluding hydrogens is 122 g/mol. The number of hydrogen-bond donors (Lipinski definition) is 2. The molecule has 0 aliphatic carbocycles. The topological polar surface area (TPSA) is 80.2 Å². The normalized spacial score (nSPS) is 36.1. The summed E-state index contributed by atoms with van der Waals surface area (Å²) in [5.74, 6) is 4.76. The third kappa shape index (κ3) is 1.36. The molecule has 0 aromatic carbocycles. The van der Waals surface area contributed by atoms with Crippen LogP contribution in [-0.2, 0) is 4.74 Å². The monoisotopic (exact) mass is 131 g/mol. The van der Waals surface area contributed by atoms with E-state index in [1.807, 2.05) is 0 Å². The van der Waals surface area contributed by atoms with Gasteiger partial charge in [-0.2, -0.15) is 5.11 Å². The molecule has 1 fully saturated rings. The van der Waals surface area contributed by atoms with Crippen LogP contribution in [0, 0.1) is 0 Å². The molecule has 5 heteroatoms. The number of nitrogens with two attached hydrogens (primary N) is 1. The van der Waals surface area contributed by atoms with E-state index >= 15 is 0 Å². The largest absolute Gasteiger partial charge is 0.388 e. The van der Waals surface area contributed by atoms with Crippen molar-refractivity contribution in [1.82, 2.24) is 0 Å². The zero-order valence-corrected chi connectivity index (χ0v) is 4.90. The lowest BCUT2D eigenvalue weighted by molar-refractivity contribution is 0.124. The highest BCUT2D eigenvalue weighted by Gasteiger charge is 2.25. The number of aliphatic hydroxyl groups excluding tert-OH is 1. The van der Waals surface area contributed by atoms with Gasteiger partial charge in [-0.15, -0.1) is 0 Å². The minimum absolute atomic E-state index is 0.255. The molecule has 0 aromatic heterocycles. The summed E-state index contributed by atoms with van der Waals surface area (Å²) in [6.45, 7) is 0.756. The van der Waals surface area contributed by atoms with Crippen molar-refractivity contribution in [2.75, 3.05) is 13.2 Å². The first-order valence-corrected chi connectivity index (χ1v) is 2.70. The maximum absolute atomic E-state index is 8.99. The average molecular weight is 131 g/mol. The van der Waals surface area contributed by atoms with Gasteiger partial charge in [0.15, 0.2) is 0 Å². The second kappa shape index (κ2) is 2.75. The van der Waals surface area contributed by atoms with Crippen molar-refractivity contribution < 1.29 is 9.84 Å². The van der Waals surface area contributed by atoms with Crippen molar-refractivity contribution in [2.24, 2.45) is 16.2 Å². The molecule has 0 spiro atoms. The Bertz CT molecular complexity index is 116. The van der Waals surface area contributed by atoms with Crippen LogP contribution in [0.3, 0.4) is 0 Å². The number of rotatable bonds is 1. The van der Waals surface area contributed by atoms with Crippen molar-refractivity contribution in [3.05, 3.63) is 0 Å². The van der Waals surface area contributed by atoms with Gasteiger partial charge in [-0.05, 0) is 0 Å². The van der Waals surface area contributed by atoms with Crippen LogP contribution in [-0.4, -0.2) is 30.5 Å². The fourth-order valence-corrected chi connectivity index (χ4v) is 0.728. The van der Waals surface area contributed by atoms with E-state index in [2.05, 4.69) is 10.3 Å². The highest BCUT2D eigenvalue weighted by Crippen LogP contribution is 2.08. The summed E-state index contributed by atoms with van der Waals surface area (Å²) in [6.07, 6.45) is -0.530. The number of hydrogen-bond acceptors (Lipinski definition) is 4. The Morgan fingerprint density at radius 1 is 1.56 bits per heavy atom. The SMILES string of the molecule is NN=NC1COCC1O. The van der Waals surface area contributed by atoms with E-state index in [0.29, 0.717) is 13.2 Å². The fraction of sp³-hybridized carbons (Fsp3) is 1.00. The molecule has 3 N–H and O–H groups in total. The van der Waals surface area contributed by atoms with Gasteiger partial charge in [-0.25, -0.2) is 0 Å². The zero-order chi connectivity index (χ0) is 6.69. The molecule has 52 valence electrons. The van der Waals surface area contributed by atoms with Gasteiger partial charge in [-0.3, -0.25) is 0 Å². The van der Waals surface area contributed by atoms with Crippen LogP contribution in [0.1, 0.15) is 0 Å². The van der Waals surface area contributed by atoms with E-state index in [4.69, 9.17) is 15.7 Å². The van der Waals surface area contributed by atoms with Crippen LogP contribution in [0.5, 0.6) is 0 Å². The van der Waals surface area contributed by atoms with Crippen LogP contribution in [0.4, 0.5) is 0 Å². The summed E-state index contributed by atoms with van der Waals surface area (Å²) in [4.78, 5) is 0. The van der Waals surface area contributed by atoms with Gasteiger partial charge < -0.3 is 15.7 Å². The van der Waals surface area contributed by atoms with Crippen LogP contribution in [0.25, 0.3) is 0 Å². The molecule has 9 heavy (non-hydrogen) atoms. The Balaban J connectivity index is 2.39. The molecule has 1 aliphatic heterocycles. The molecule has 0 saturated carbocycles. The predicted molar refractivity (Wildman–Crippen MR) is 29.7 cm³/mol. The first-order valence-electron chi connectivity index (χ1n) is 2.70. The molecule has 0 radical (unpaired) electrons. The Kier molecular flexibility index (Phi) is 1.96. The summed E-state index contributed by atoms with van der Waals surface area (Å²) in [5.41, 5.74) is 0. The molecule has 0 aromatic rings. The molecule has 5 nitrogen and oxygen atoms in total. The van der Waals surface area contributed by atoms with Gasteiger partial charge in [0.25, 0.3) is 0 Å². The Hall–Kier alpha value is -0.680. The third-order valence-electron chi connectivity index (χ3n) is 1.24. The lowest BCUT2D eigenvalue weighted by Crippen LogP contribution is -2.21. The third-order valence-corrected chi connectivity index (χ3v) is 1.24. The van der Waals surface area contributed by atoms with Gasteiger partial charge in [-0.1, -0.05) is 5.22 Å². The van der Waals surface area contributed by atoms with E-state index in [9.17, 15) is 0 Å². The lowest BCUT2D eigenvalue weighted by Gasteiger charge is -2.01. The van der Waals surface area contributed by atoms with Crippen LogP contribution < -0.4 is 5.84 Å². The zero-order valence-electron chi connectivity index (χ0n) is 4.90. The summed E-state index contributed by atoms with van der Waals surface area (Å²) in [5, 5.41) is 15.6. The van der Waals surface area contributed by atoms with Crippen molar-refractivity contribution in [3.8, 4) is 0 Å². The second-order valence-electron chi connectivity index (χ2n) is 1.90. The highest BCUT2D eigenvalue weighted by atomic mass is 16.5. The van der Waals surface area contributed by atoms with E-state index in [0.717, 1.165) is 0 Å². The van der Waals surface area contributed by atoms with E-state index in [1.165, 1.54) is 0 Å². The van der Waals surface area contributed by atoms with Crippen molar-refractivity contribution >= 4 is 0 Å². The van der Waals surface area contributed by atoms with Crippen LogP contribution >= 0.6 is 0 Å². The Labute approximate surface area is 52.5 Å². The minimum atomic E-state index is -0.530. The van der Waals surface area contributed by atoms with Gasteiger partial charge in [0.1, 0.15) is 12.1 Å². The maximum atomic E-state index is 8.99. The number of aliphatic hydroxyl groups is 1. The van der Waals surface area contributed by atoms with Crippen molar-refractivity contribution in [3.63, 3.8) is 0 Å². The highest BCUT2D eigenvalue weighted by molar-refractivity contribution is 4.78. The predicted octanol–water partition coefficient (Wildman–Crippen LogP) is -0.928. The number of nitrogens with zero attached hydrogens (tertiary/aromatic N) is 2. The molecule has 1 aliphatic rings. The quantitative estimate of drug-likeness (QED) is 0.274. The Morgan fingerprint density at radius 3 is 2.78 bits per heavy atom. The van der Waals surface area contributed by atoms with E-state index in [-0.39, 0.29) is 6.04 Å². The first kappa shape index (κ1) is 6.44. The van der Waals surface area contributed by atoms with Gasteiger partial charge in [0.05, 0.1) is 13.2 Å². The van der Waals surface area contributed by atoms with Gasteiger partial charge in [0.2, 0.25) is 0 Å². The molecule has 1 saturated heterocycles. The molecule has 0 amide bonds. The standard InChI is InChI=1S/C4H9N3O2/c5-7-6-3-1-9-2-4(3)8/h3-4,8H,1-2H2,(H2,5,6). The van der Waals surface area contributed by atoms with Crippen molar-refractivity contribution in [2.45, 2.75) is 12.1 Å². The summed E-state index contributed by atoms with van der Waals surface area (Å²) in [7, 11) is 0. The average Bonchev–Trinajstić information content (AvgIpc) is 2.18. The molecule has 0 bridgehead atoms. The van der Waals surface area contributed by atoms with Gasteiger partial charge in [0, 0.05) is 0 Å².